The van der Waals surface area contributed by atoms with E-state index in [0.717, 1.165) is 32.8 Å². The van der Waals surface area contributed by atoms with Gasteiger partial charge in [0.2, 0.25) is 0 Å². The van der Waals surface area contributed by atoms with Gasteiger partial charge in [0.1, 0.15) is 0 Å². The molecule has 2 aliphatic heterocycles. The number of nitrogens with one attached hydrogen (secondary N) is 1. The topological polar surface area (TPSA) is 27.7 Å². The van der Waals surface area contributed by atoms with Crippen LogP contribution in [-0.2, 0) is 4.74 Å². The van der Waals surface area contributed by atoms with Crippen LogP contribution in [0.1, 0.15) is 33.1 Å². The molecule has 112 valence electrons. The third-order valence-corrected chi connectivity index (χ3v) is 4.53. The van der Waals surface area contributed by atoms with Crippen LogP contribution in [0.2, 0.25) is 0 Å². The number of piperidine rings is 1. The Morgan fingerprint density at radius 2 is 2.11 bits per heavy atom. The molecule has 0 amide bonds. The van der Waals surface area contributed by atoms with Gasteiger partial charge in [-0.05, 0) is 40.3 Å². The molecule has 4 heteroatoms. The number of nitrogens with zero attached hydrogens (tertiary/aromatic N) is 2. The Morgan fingerprint density at radius 3 is 2.84 bits per heavy atom. The Hall–Kier alpha value is -0.160. The van der Waals surface area contributed by atoms with Crippen molar-refractivity contribution in [3.63, 3.8) is 0 Å². The van der Waals surface area contributed by atoms with Gasteiger partial charge in [0.25, 0.3) is 0 Å². The molecule has 2 saturated heterocycles. The number of hydrogen-bond donors (Lipinski definition) is 1. The first-order valence-corrected chi connectivity index (χ1v) is 7.95. The van der Waals surface area contributed by atoms with Crippen molar-refractivity contribution in [3.05, 3.63) is 0 Å². The second-order valence-corrected chi connectivity index (χ2v) is 6.28. The third kappa shape index (κ3) is 4.42. The molecule has 0 aromatic rings. The Kier molecular flexibility index (Phi) is 6.07. The lowest BCUT2D eigenvalue weighted by Gasteiger charge is -2.41. The average Bonchev–Trinajstić information content (AvgIpc) is 2.41. The second-order valence-electron chi connectivity index (χ2n) is 6.28. The molecule has 0 radical (unpaired) electrons. The van der Waals surface area contributed by atoms with Gasteiger partial charge >= 0.3 is 0 Å². The summed E-state index contributed by atoms with van der Waals surface area (Å²) in [7, 11) is 2.06. The van der Waals surface area contributed by atoms with Gasteiger partial charge in [0.05, 0.1) is 12.7 Å². The van der Waals surface area contributed by atoms with E-state index in [1.165, 1.54) is 25.8 Å². The lowest BCUT2D eigenvalue weighted by atomic mass is 10.0. The Labute approximate surface area is 118 Å². The maximum Gasteiger partial charge on any atom is 0.0829 e. The van der Waals surface area contributed by atoms with Crippen molar-refractivity contribution < 1.29 is 4.74 Å². The number of likely N-dealkylation sites (N-methyl/N-ethyl adjacent to an activating group) is 1. The fourth-order valence-electron chi connectivity index (χ4n) is 3.35. The van der Waals surface area contributed by atoms with Crippen molar-refractivity contribution >= 4 is 0 Å². The molecule has 0 spiro atoms. The molecular formula is C15H31N3O. The Bertz CT molecular complexity index is 258. The zero-order chi connectivity index (χ0) is 13.7. The van der Waals surface area contributed by atoms with Crippen LogP contribution >= 0.6 is 0 Å². The molecule has 0 bridgehead atoms. The summed E-state index contributed by atoms with van der Waals surface area (Å²) in [6, 6.07) is 1.35. The monoisotopic (exact) mass is 269 g/mol. The highest BCUT2D eigenvalue weighted by Crippen LogP contribution is 2.19. The molecule has 2 heterocycles. The van der Waals surface area contributed by atoms with Gasteiger partial charge in [-0.25, -0.2) is 0 Å². The van der Waals surface area contributed by atoms with Crippen LogP contribution in [-0.4, -0.2) is 74.4 Å². The van der Waals surface area contributed by atoms with E-state index in [1.54, 1.807) is 0 Å². The molecule has 19 heavy (non-hydrogen) atoms. The molecule has 2 unspecified atom stereocenters. The third-order valence-electron chi connectivity index (χ3n) is 4.53. The molecule has 2 aliphatic rings. The zero-order valence-corrected chi connectivity index (χ0v) is 12.9. The molecule has 2 atom stereocenters. The van der Waals surface area contributed by atoms with E-state index in [0.29, 0.717) is 18.2 Å². The maximum absolute atomic E-state index is 5.98. The first-order valence-electron chi connectivity index (χ1n) is 7.95. The second kappa shape index (κ2) is 7.58. The fourth-order valence-corrected chi connectivity index (χ4v) is 3.35. The minimum Gasteiger partial charge on any atom is -0.374 e. The standard InChI is InChI=1S/C15H31N3O/c1-13(2)17-8-9-19-15(11-17)12-18-7-5-4-6-14(18)10-16-3/h13-16H,4-12H2,1-3H3. The maximum atomic E-state index is 5.98. The highest BCUT2D eigenvalue weighted by Gasteiger charge is 2.28. The summed E-state index contributed by atoms with van der Waals surface area (Å²) in [5.41, 5.74) is 0. The van der Waals surface area contributed by atoms with E-state index in [1.807, 2.05) is 0 Å². The van der Waals surface area contributed by atoms with E-state index in [-0.39, 0.29) is 0 Å². The largest absolute Gasteiger partial charge is 0.374 e. The van der Waals surface area contributed by atoms with Crippen molar-refractivity contribution in [1.82, 2.24) is 15.1 Å². The Morgan fingerprint density at radius 1 is 1.26 bits per heavy atom. The van der Waals surface area contributed by atoms with Gasteiger partial charge in [-0.2, -0.15) is 0 Å². The SMILES string of the molecule is CNCC1CCCCN1CC1CN(C(C)C)CCO1. The van der Waals surface area contributed by atoms with Crippen molar-refractivity contribution in [2.45, 2.75) is 51.3 Å². The van der Waals surface area contributed by atoms with Crippen molar-refractivity contribution in [2.75, 3.05) is 46.4 Å². The summed E-state index contributed by atoms with van der Waals surface area (Å²) in [5.74, 6) is 0. The lowest BCUT2D eigenvalue weighted by molar-refractivity contribution is -0.0597. The molecule has 0 saturated carbocycles. The van der Waals surface area contributed by atoms with Gasteiger partial charge < -0.3 is 10.1 Å². The van der Waals surface area contributed by atoms with Crippen molar-refractivity contribution in [3.8, 4) is 0 Å². The number of morpholine rings is 1. The zero-order valence-electron chi connectivity index (χ0n) is 12.9. The van der Waals surface area contributed by atoms with E-state index < -0.39 is 0 Å². The molecule has 4 nitrogen and oxygen atoms in total. The van der Waals surface area contributed by atoms with Crippen LogP contribution in [0.25, 0.3) is 0 Å². The molecule has 2 fully saturated rings. The van der Waals surface area contributed by atoms with Gasteiger partial charge in [0, 0.05) is 38.3 Å². The molecule has 0 aromatic carbocycles. The summed E-state index contributed by atoms with van der Waals surface area (Å²) < 4.78 is 5.98. The molecule has 0 aromatic heterocycles. The first kappa shape index (κ1) is 15.2. The molecule has 0 aliphatic carbocycles. The smallest absolute Gasteiger partial charge is 0.0829 e. The molecular weight excluding hydrogens is 238 g/mol. The minimum atomic E-state index is 0.397. The molecule has 1 N–H and O–H groups in total. The van der Waals surface area contributed by atoms with Crippen LogP contribution < -0.4 is 5.32 Å². The number of likely N-dealkylation sites (tertiary alicyclic amines) is 1. The summed E-state index contributed by atoms with van der Waals surface area (Å²) in [4.78, 5) is 5.19. The van der Waals surface area contributed by atoms with Gasteiger partial charge in [-0.15, -0.1) is 0 Å². The van der Waals surface area contributed by atoms with Gasteiger partial charge in [0.15, 0.2) is 0 Å². The summed E-state index contributed by atoms with van der Waals surface area (Å²) in [5, 5.41) is 3.34. The predicted octanol–water partition coefficient (Wildman–Crippen LogP) is 1.17. The van der Waals surface area contributed by atoms with E-state index >= 15 is 0 Å². The van der Waals surface area contributed by atoms with E-state index in [9.17, 15) is 0 Å². The van der Waals surface area contributed by atoms with Crippen LogP contribution in [0.3, 0.4) is 0 Å². The van der Waals surface area contributed by atoms with Crippen molar-refractivity contribution in [2.24, 2.45) is 0 Å². The van der Waals surface area contributed by atoms with Crippen LogP contribution in [0, 0.1) is 0 Å². The first-order chi connectivity index (χ1) is 9.20. The predicted molar refractivity (Wildman–Crippen MR) is 79.6 cm³/mol. The number of rotatable bonds is 5. The Balaban J connectivity index is 1.84. The van der Waals surface area contributed by atoms with Gasteiger partial charge in [-0.1, -0.05) is 6.42 Å². The van der Waals surface area contributed by atoms with E-state index in [2.05, 4.69) is 36.0 Å². The molecule has 2 rings (SSSR count). The van der Waals surface area contributed by atoms with Crippen LogP contribution in [0.15, 0.2) is 0 Å². The highest BCUT2D eigenvalue weighted by atomic mass is 16.5. The van der Waals surface area contributed by atoms with Crippen molar-refractivity contribution in [1.29, 1.82) is 0 Å². The fraction of sp³-hybridized carbons (Fsp3) is 1.00. The minimum absolute atomic E-state index is 0.397. The summed E-state index contributed by atoms with van der Waals surface area (Å²) in [6.45, 7) is 11.1. The number of hydrogen-bond acceptors (Lipinski definition) is 4. The quantitative estimate of drug-likeness (QED) is 0.811. The lowest BCUT2D eigenvalue weighted by Crippen LogP contribution is -2.53. The number of ether oxygens (including phenoxy) is 1. The summed E-state index contributed by atoms with van der Waals surface area (Å²) >= 11 is 0. The van der Waals surface area contributed by atoms with Gasteiger partial charge in [-0.3, -0.25) is 9.80 Å². The van der Waals surface area contributed by atoms with Crippen LogP contribution in [0.5, 0.6) is 0 Å². The summed E-state index contributed by atoms with van der Waals surface area (Å²) in [6.07, 6.45) is 4.46. The van der Waals surface area contributed by atoms with Crippen LogP contribution in [0.4, 0.5) is 0 Å². The normalized spacial score (nSPS) is 30.9. The highest BCUT2D eigenvalue weighted by molar-refractivity contribution is 4.83. The average molecular weight is 269 g/mol. The van der Waals surface area contributed by atoms with E-state index in [4.69, 9.17) is 4.74 Å².